The molecule has 2 aromatic carbocycles. The van der Waals surface area contributed by atoms with Crippen molar-refractivity contribution in [3.63, 3.8) is 0 Å². The average Bonchev–Trinajstić information content (AvgIpc) is 3.18. The van der Waals surface area contributed by atoms with Crippen LogP contribution in [0.2, 0.25) is 0 Å². The summed E-state index contributed by atoms with van der Waals surface area (Å²) in [5, 5.41) is 11.2. The molecule has 0 unspecified atom stereocenters. The fourth-order valence-corrected chi connectivity index (χ4v) is 3.99. The standard InChI is InChI=1S/C24H30N4/c1-18-7-9-20(10-8-18)24-22(16-26-27-24)15-25-23-11-13-28(14-12-23)17-21-6-4-3-5-19(21)2/h3-10,16,23,25H,11-15,17H2,1-2H3,(H,26,27). The predicted octanol–water partition coefficient (Wildman–Crippen LogP) is 4.45. The molecule has 2 N–H and O–H groups in total. The van der Waals surface area contributed by atoms with Gasteiger partial charge in [0.25, 0.3) is 0 Å². The SMILES string of the molecule is Cc1ccc(-c2[nH]ncc2CNC2CCN(Cc3ccccc3C)CC2)cc1. The second-order valence-electron chi connectivity index (χ2n) is 7.99. The van der Waals surface area contributed by atoms with Gasteiger partial charge in [-0.1, -0.05) is 54.1 Å². The molecule has 1 aromatic heterocycles. The van der Waals surface area contributed by atoms with E-state index in [1.165, 1.54) is 40.7 Å². The highest BCUT2D eigenvalue weighted by atomic mass is 15.1. The van der Waals surface area contributed by atoms with E-state index in [1.54, 1.807) is 0 Å². The van der Waals surface area contributed by atoms with Crippen LogP contribution in [-0.2, 0) is 13.1 Å². The van der Waals surface area contributed by atoms with Crippen LogP contribution in [0.3, 0.4) is 0 Å². The summed E-state index contributed by atoms with van der Waals surface area (Å²) in [4.78, 5) is 2.58. The molecule has 0 radical (unpaired) electrons. The Labute approximate surface area is 168 Å². The fourth-order valence-electron chi connectivity index (χ4n) is 3.99. The molecule has 0 bridgehead atoms. The molecule has 1 fully saturated rings. The Balaban J connectivity index is 1.29. The van der Waals surface area contributed by atoms with E-state index in [0.29, 0.717) is 6.04 Å². The first kappa shape index (κ1) is 18.9. The largest absolute Gasteiger partial charge is 0.310 e. The summed E-state index contributed by atoms with van der Waals surface area (Å²) in [7, 11) is 0. The number of aryl methyl sites for hydroxylation is 2. The second-order valence-corrected chi connectivity index (χ2v) is 7.99. The zero-order valence-electron chi connectivity index (χ0n) is 16.9. The number of rotatable bonds is 6. The number of aromatic amines is 1. The van der Waals surface area contributed by atoms with Crippen LogP contribution in [0.4, 0.5) is 0 Å². The Hall–Kier alpha value is -2.43. The first-order valence-electron chi connectivity index (χ1n) is 10.3. The Morgan fingerprint density at radius 1 is 1.00 bits per heavy atom. The van der Waals surface area contributed by atoms with E-state index in [4.69, 9.17) is 0 Å². The zero-order valence-corrected chi connectivity index (χ0v) is 16.9. The van der Waals surface area contributed by atoms with Gasteiger partial charge in [-0.15, -0.1) is 0 Å². The first-order valence-corrected chi connectivity index (χ1v) is 10.3. The molecule has 0 atom stereocenters. The zero-order chi connectivity index (χ0) is 19.3. The maximum atomic E-state index is 4.28. The number of likely N-dealkylation sites (tertiary alicyclic amines) is 1. The van der Waals surface area contributed by atoms with E-state index < -0.39 is 0 Å². The number of hydrogen-bond acceptors (Lipinski definition) is 3. The van der Waals surface area contributed by atoms with Crippen LogP contribution in [0.15, 0.2) is 54.7 Å². The van der Waals surface area contributed by atoms with Crippen LogP contribution in [0.25, 0.3) is 11.3 Å². The molecular formula is C24H30N4. The van der Waals surface area contributed by atoms with E-state index in [-0.39, 0.29) is 0 Å². The van der Waals surface area contributed by atoms with E-state index in [0.717, 1.165) is 31.9 Å². The number of benzene rings is 2. The van der Waals surface area contributed by atoms with Crippen molar-refractivity contribution in [3.8, 4) is 11.3 Å². The van der Waals surface area contributed by atoms with Crippen molar-refractivity contribution in [2.45, 2.75) is 45.8 Å². The van der Waals surface area contributed by atoms with Crippen LogP contribution in [-0.4, -0.2) is 34.2 Å². The number of H-pyrrole nitrogens is 1. The molecule has 0 saturated carbocycles. The third-order valence-corrected chi connectivity index (χ3v) is 5.88. The Morgan fingerprint density at radius 2 is 1.75 bits per heavy atom. The molecule has 0 spiro atoms. The highest BCUT2D eigenvalue weighted by Crippen LogP contribution is 2.22. The van der Waals surface area contributed by atoms with Gasteiger partial charge in [0, 0.05) is 24.7 Å². The minimum Gasteiger partial charge on any atom is -0.310 e. The normalized spacial score (nSPS) is 15.8. The van der Waals surface area contributed by atoms with Gasteiger partial charge in [-0.3, -0.25) is 10.00 Å². The van der Waals surface area contributed by atoms with Gasteiger partial charge >= 0.3 is 0 Å². The van der Waals surface area contributed by atoms with Crippen LogP contribution >= 0.6 is 0 Å². The minimum atomic E-state index is 0.578. The van der Waals surface area contributed by atoms with Gasteiger partial charge in [-0.25, -0.2) is 0 Å². The van der Waals surface area contributed by atoms with E-state index in [1.807, 2.05) is 6.20 Å². The summed E-state index contributed by atoms with van der Waals surface area (Å²) in [6.45, 7) is 8.57. The lowest BCUT2D eigenvalue weighted by atomic mass is 10.0. The number of hydrogen-bond donors (Lipinski definition) is 2. The molecule has 4 rings (SSSR count). The van der Waals surface area contributed by atoms with Crippen molar-refractivity contribution < 1.29 is 0 Å². The molecule has 1 saturated heterocycles. The smallest absolute Gasteiger partial charge is 0.0695 e. The third kappa shape index (κ3) is 4.51. The quantitative estimate of drug-likeness (QED) is 0.670. The highest BCUT2D eigenvalue weighted by Gasteiger charge is 2.20. The molecule has 28 heavy (non-hydrogen) atoms. The van der Waals surface area contributed by atoms with E-state index in [9.17, 15) is 0 Å². The van der Waals surface area contributed by atoms with Gasteiger partial charge in [0.05, 0.1) is 11.9 Å². The van der Waals surface area contributed by atoms with Crippen LogP contribution in [0.5, 0.6) is 0 Å². The summed E-state index contributed by atoms with van der Waals surface area (Å²) in [5.41, 5.74) is 7.70. The Morgan fingerprint density at radius 3 is 2.50 bits per heavy atom. The first-order chi connectivity index (χ1) is 13.7. The topological polar surface area (TPSA) is 44.0 Å². The molecule has 3 aromatic rings. The van der Waals surface area contributed by atoms with Crippen molar-refractivity contribution in [1.29, 1.82) is 0 Å². The molecular weight excluding hydrogens is 344 g/mol. The second kappa shape index (κ2) is 8.72. The lowest BCUT2D eigenvalue weighted by Gasteiger charge is -2.32. The molecule has 146 valence electrons. The van der Waals surface area contributed by atoms with Gasteiger partial charge in [0.2, 0.25) is 0 Å². The number of nitrogens with zero attached hydrogens (tertiary/aromatic N) is 2. The summed E-state index contributed by atoms with van der Waals surface area (Å²) >= 11 is 0. The molecule has 4 nitrogen and oxygen atoms in total. The number of piperidine rings is 1. The molecule has 0 amide bonds. The van der Waals surface area contributed by atoms with Crippen molar-refractivity contribution >= 4 is 0 Å². The molecule has 4 heteroatoms. The summed E-state index contributed by atoms with van der Waals surface area (Å²) in [6.07, 6.45) is 4.35. The Bertz CT molecular complexity index is 889. The maximum Gasteiger partial charge on any atom is 0.0695 e. The van der Waals surface area contributed by atoms with Crippen molar-refractivity contribution in [2.75, 3.05) is 13.1 Å². The number of aromatic nitrogens is 2. The summed E-state index contributed by atoms with van der Waals surface area (Å²) < 4.78 is 0. The van der Waals surface area contributed by atoms with Gasteiger partial charge < -0.3 is 5.32 Å². The van der Waals surface area contributed by atoms with Crippen LogP contribution in [0.1, 0.15) is 35.1 Å². The maximum absolute atomic E-state index is 4.28. The van der Waals surface area contributed by atoms with E-state index in [2.05, 4.69) is 82.8 Å². The molecule has 1 aliphatic heterocycles. The predicted molar refractivity (Wildman–Crippen MR) is 115 cm³/mol. The number of nitrogens with one attached hydrogen (secondary N) is 2. The molecule has 1 aliphatic rings. The lowest BCUT2D eigenvalue weighted by molar-refractivity contribution is 0.190. The van der Waals surface area contributed by atoms with Crippen molar-refractivity contribution in [1.82, 2.24) is 20.4 Å². The minimum absolute atomic E-state index is 0.578. The van der Waals surface area contributed by atoms with Gasteiger partial charge in [-0.05, 0) is 56.5 Å². The van der Waals surface area contributed by atoms with Crippen molar-refractivity contribution in [2.24, 2.45) is 0 Å². The Kier molecular flexibility index (Phi) is 5.89. The van der Waals surface area contributed by atoms with E-state index >= 15 is 0 Å². The highest BCUT2D eigenvalue weighted by molar-refractivity contribution is 5.62. The van der Waals surface area contributed by atoms with Crippen LogP contribution < -0.4 is 5.32 Å². The van der Waals surface area contributed by atoms with Crippen molar-refractivity contribution in [3.05, 3.63) is 77.0 Å². The van der Waals surface area contributed by atoms with Gasteiger partial charge in [-0.2, -0.15) is 5.10 Å². The lowest BCUT2D eigenvalue weighted by Crippen LogP contribution is -2.41. The summed E-state index contributed by atoms with van der Waals surface area (Å²) in [6, 6.07) is 17.9. The third-order valence-electron chi connectivity index (χ3n) is 5.88. The molecule has 0 aliphatic carbocycles. The monoisotopic (exact) mass is 374 g/mol. The molecule has 2 heterocycles. The van der Waals surface area contributed by atoms with Gasteiger partial charge in [0.15, 0.2) is 0 Å². The fraction of sp³-hybridized carbons (Fsp3) is 0.375. The average molecular weight is 375 g/mol. The summed E-state index contributed by atoms with van der Waals surface area (Å²) in [5.74, 6) is 0. The van der Waals surface area contributed by atoms with Gasteiger partial charge in [0.1, 0.15) is 0 Å². The van der Waals surface area contributed by atoms with Crippen LogP contribution in [0, 0.1) is 13.8 Å².